The van der Waals surface area contributed by atoms with Gasteiger partial charge < -0.3 is 10.1 Å². The van der Waals surface area contributed by atoms with Crippen molar-refractivity contribution < 1.29 is 14.3 Å². The van der Waals surface area contributed by atoms with E-state index < -0.39 is 5.97 Å². The number of methoxy groups -OCH3 is 1. The average molecular weight is 389 g/mol. The Hall–Kier alpha value is -0.730. The highest BCUT2D eigenvalue weighted by Gasteiger charge is 2.22. The maximum atomic E-state index is 12.1. The second-order valence-corrected chi connectivity index (χ2v) is 9.82. The Balaban J connectivity index is 1.81. The predicted octanol–water partition coefficient (Wildman–Crippen LogP) is 4.71. The molecule has 1 amide bonds. The topological polar surface area (TPSA) is 68.3 Å². The minimum Gasteiger partial charge on any atom is -0.464 e. The second kappa shape index (κ2) is 9.68. The summed E-state index contributed by atoms with van der Waals surface area (Å²) in [7, 11) is 5.27. The fourth-order valence-electron chi connectivity index (χ4n) is 2.42. The third kappa shape index (κ3) is 5.67. The number of amides is 1. The SMILES string of the molecule is COC(=O)c1nc(NC(=O)CCCC[C@H]2CCSS2)sc1C(C)C. The quantitative estimate of drug-likeness (QED) is 0.395. The van der Waals surface area contributed by atoms with Crippen molar-refractivity contribution in [3.63, 3.8) is 0 Å². The first kappa shape index (κ1) is 19.6. The Bertz CT molecular complexity index is 569. The summed E-state index contributed by atoms with van der Waals surface area (Å²) in [6.07, 6.45) is 4.93. The molecule has 1 saturated heterocycles. The maximum absolute atomic E-state index is 12.1. The zero-order valence-corrected chi connectivity index (χ0v) is 16.7. The zero-order valence-electron chi connectivity index (χ0n) is 14.3. The lowest BCUT2D eigenvalue weighted by Gasteiger charge is -2.06. The number of carbonyl (C=O) groups is 2. The van der Waals surface area contributed by atoms with Gasteiger partial charge in [-0.15, -0.1) is 11.3 Å². The standard InChI is InChI=1S/C16H24N2O3S3/c1-10(2)14-13(15(20)21-3)18-16(23-14)17-12(19)7-5-4-6-11-8-9-22-24-11/h10-11H,4-9H2,1-3H3,(H,17,18,19)/t11-/m0/s1. The summed E-state index contributed by atoms with van der Waals surface area (Å²) < 4.78 is 4.76. The molecule has 1 atom stereocenters. The summed E-state index contributed by atoms with van der Waals surface area (Å²) in [5.41, 5.74) is 0.309. The van der Waals surface area contributed by atoms with Crippen molar-refractivity contribution in [2.75, 3.05) is 18.2 Å². The average Bonchev–Trinajstić information content (AvgIpc) is 3.20. The monoisotopic (exact) mass is 388 g/mol. The number of hydrogen-bond acceptors (Lipinski definition) is 7. The molecule has 1 aliphatic heterocycles. The van der Waals surface area contributed by atoms with E-state index in [2.05, 4.69) is 10.3 Å². The molecule has 1 fully saturated rings. The van der Waals surface area contributed by atoms with Gasteiger partial charge in [-0.25, -0.2) is 9.78 Å². The molecule has 2 rings (SSSR count). The number of hydrogen-bond donors (Lipinski definition) is 1. The smallest absolute Gasteiger partial charge is 0.357 e. The van der Waals surface area contributed by atoms with Crippen molar-refractivity contribution in [1.29, 1.82) is 0 Å². The van der Waals surface area contributed by atoms with Crippen molar-refractivity contribution in [3.8, 4) is 0 Å². The molecule has 1 aromatic heterocycles. The number of carbonyl (C=O) groups excluding carboxylic acids is 2. The molecule has 1 aromatic rings. The highest BCUT2D eigenvalue weighted by atomic mass is 33.1. The maximum Gasteiger partial charge on any atom is 0.357 e. The van der Waals surface area contributed by atoms with E-state index in [0.29, 0.717) is 17.2 Å². The van der Waals surface area contributed by atoms with Crippen LogP contribution in [0, 0.1) is 0 Å². The molecule has 5 nitrogen and oxygen atoms in total. The first-order valence-electron chi connectivity index (χ1n) is 8.18. The minimum atomic E-state index is -0.456. The van der Waals surface area contributed by atoms with Crippen LogP contribution in [-0.4, -0.2) is 35.0 Å². The highest BCUT2D eigenvalue weighted by molar-refractivity contribution is 8.77. The number of rotatable bonds is 8. The first-order valence-corrected chi connectivity index (χ1v) is 11.4. The third-order valence-electron chi connectivity index (χ3n) is 3.71. The Morgan fingerprint density at radius 2 is 2.17 bits per heavy atom. The number of nitrogens with one attached hydrogen (secondary N) is 1. The van der Waals surface area contributed by atoms with Crippen LogP contribution in [0.25, 0.3) is 0 Å². The van der Waals surface area contributed by atoms with Gasteiger partial charge in [0.2, 0.25) is 5.91 Å². The molecule has 0 saturated carbocycles. The van der Waals surface area contributed by atoms with E-state index in [0.717, 1.165) is 23.0 Å². The summed E-state index contributed by atoms with van der Waals surface area (Å²) in [6.45, 7) is 3.98. The molecule has 1 N–H and O–H groups in total. The molecular weight excluding hydrogens is 364 g/mol. The first-order chi connectivity index (χ1) is 11.5. The molecule has 0 radical (unpaired) electrons. The van der Waals surface area contributed by atoms with Crippen molar-refractivity contribution >= 4 is 49.9 Å². The summed E-state index contributed by atoms with van der Waals surface area (Å²) in [6, 6.07) is 0. The van der Waals surface area contributed by atoms with Crippen molar-refractivity contribution in [2.24, 2.45) is 0 Å². The molecule has 2 heterocycles. The van der Waals surface area contributed by atoms with Crippen molar-refractivity contribution in [2.45, 2.75) is 57.1 Å². The Kier molecular flexibility index (Phi) is 7.90. The number of aromatic nitrogens is 1. The molecule has 0 unspecified atom stereocenters. The normalized spacial score (nSPS) is 17.2. The van der Waals surface area contributed by atoms with Gasteiger partial charge in [0.05, 0.1) is 7.11 Å². The molecule has 24 heavy (non-hydrogen) atoms. The summed E-state index contributed by atoms with van der Waals surface area (Å²) in [4.78, 5) is 28.9. The highest BCUT2D eigenvalue weighted by Crippen LogP contribution is 2.39. The van der Waals surface area contributed by atoms with Crippen LogP contribution in [0.4, 0.5) is 5.13 Å². The number of thiazole rings is 1. The van der Waals surface area contributed by atoms with Gasteiger partial charge in [-0.1, -0.05) is 41.9 Å². The zero-order chi connectivity index (χ0) is 17.5. The van der Waals surface area contributed by atoms with Crippen LogP contribution in [0.15, 0.2) is 0 Å². The molecule has 0 bridgehead atoms. The van der Waals surface area contributed by atoms with Crippen LogP contribution in [0.1, 0.15) is 67.2 Å². The lowest BCUT2D eigenvalue weighted by atomic mass is 10.1. The molecule has 0 spiro atoms. The fraction of sp³-hybridized carbons (Fsp3) is 0.688. The van der Waals surface area contributed by atoms with E-state index in [1.807, 2.05) is 35.4 Å². The summed E-state index contributed by atoms with van der Waals surface area (Å²) in [5, 5.41) is 4.05. The Morgan fingerprint density at radius 1 is 1.38 bits per heavy atom. The molecule has 134 valence electrons. The molecular formula is C16H24N2O3S3. The van der Waals surface area contributed by atoms with Gasteiger partial charge in [0.15, 0.2) is 10.8 Å². The predicted molar refractivity (Wildman–Crippen MR) is 103 cm³/mol. The van der Waals surface area contributed by atoms with E-state index in [-0.39, 0.29) is 11.8 Å². The number of nitrogens with zero attached hydrogens (tertiary/aromatic N) is 1. The van der Waals surface area contributed by atoms with Crippen LogP contribution in [0.5, 0.6) is 0 Å². The van der Waals surface area contributed by atoms with Gasteiger partial charge in [0.1, 0.15) is 0 Å². The van der Waals surface area contributed by atoms with Gasteiger partial charge >= 0.3 is 5.97 Å². The Labute approximate surface area is 155 Å². The van der Waals surface area contributed by atoms with Crippen LogP contribution in [0.2, 0.25) is 0 Å². The van der Waals surface area contributed by atoms with E-state index in [4.69, 9.17) is 4.74 Å². The lowest BCUT2D eigenvalue weighted by molar-refractivity contribution is -0.116. The van der Waals surface area contributed by atoms with E-state index >= 15 is 0 Å². The largest absolute Gasteiger partial charge is 0.464 e. The number of ether oxygens (including phenoxy) is 1. The third-order valence-corrected chi connectivity index (χ3v) is 7.99. The molecule has 0 aromatic carbocycles. The van der Waals surface area contributed by atoms with Gasteiger partial charge in [0.25, 0.3) is 0 Å². The lowest BCUT2D eigenvalue weighted by Crippen LogP contribution is -2.12. The van der Waals surface area contributed by atoms with Gasteiger partial charge in [-0.2, -0.15) is 0 Å². The van der Waals surface area contributed by atoms with E-state index in [1.165, 1.54) is 37.0 Å². The van der Waals surface area contributed by atoms with Crippen molar-refractivity contribution in [1.82, 2.24) is 4.98 Å². The minimum absolute atomic E-state index is 0.0380. The number of anilines is 1. The van der Waals surface area contributed by atoms with Crippen LogP contribution >= 0.6 is 32.9 Å². The van der Waals surface area contributed by atoms with E-state index in [9.17, 15) is 9.59 Å². The fourth-order valence-corrected chi connectivity index (χ4v) is 6.42. The second-order valence-electron chi connectivity index (χ2n) is 6.00. The van der Waals surface area contributed by atoms with Crippen molar-refractivity contribution in [3.05, 3.63) is 10.6 Å². The van der Waals surface area contributed by atoms with Gasteiger partial charge in [-0.3, -0.25) is 4.79 Å². The van der Waals surface area contributed by atoms with Gasteiger partial charge in [0, 0.05) is 22.3 Å². The summed E-state index contributed by atoms with van der Waals surface area (Å²) >= 11 is 1.35. The number of unbranched alkanes of at least 4 members (excludes halogenated alkanes) is 1. The molecule has 8 heteroatoms. The molecule has 1 aliphatic rings. The number of esters is 1. The van der Waals surface area contributed by atoms with Crippen LogP contribution < -0.4 is 5.32 Å². The summed E-state index contributed by atoms with van der Waals surface area (Å²) in [5.74, 6) is 0.913. The van der Waals surface area contributed by atoms with Crippen LogP contribution in [-0.2, 0) is 9.53 Å². The van der Waals surface area contributed by atoms with Gasteiger partial charge in [-0.05, 0) is 25.2 Å². The van der Waals surface area contributed by atoms with E-state index in [1.54, 1.807) is 0 Å². The van der Waals surface area contributed by atoms with Crippen LogP contribution in [0.3, 0.4) is 0 Å². The molecule has 0 aliphatic carbocycles. The Morgan fingerprint density at radius 3 is 2.79 bits per heavy atom.